The number of fused-ring (bicyclic) bond motifs is 1. The first-order chi connectivity index (χ1) is 14.0. The van der Waals surface area contributed by atoms with Gasteiger partial charge >= 0.3 is 0 Å². The van der Waals surface area contributed by atoms with E-state index in [1.54, 1.807) is 13.2 Å². The lowest BCUT2D eigenvalue weighted by atomic mass is 9.88. The molecule has 0 spiro atoms. The van der Waals surface area contributed by atoms with Crippen LogP contribution < -0.4 is 9.47 Å². The van der Waals surface area contributed by atoms with Crippen molar-refractivity contribution >= 4 is 0 Å². The van der Waals surface area contributed by atoms with Crippen LogP contribution in [0.3, 0.4) is 0 Å². The molecular weight excluding hydrogens is 360 g/mol. The Labute approximate surface area is 174 Å². The summed E-state index contributed by atoms with van der Waals surface area (Å²) in [7, 11) is 1.68. The Morgan fingerprint density at radius 3 is 2.55 bits per heavy atom. The lowest BCUT2D eigenvalue weighted by molar-refractivity contribution is 0.258. The third-order valence-electron chi connectivity index (χ3n) is 5.55. The van der Waals surface area contributed by atoms with E-state index in [4.69, 9.17) is 9.47 Å². The highest BCUT2D eigenvalue weighted by Crippen LogP contribution is 2.39. The van der Waals surface area contributed by atoms with Gasteiger partial charge in [-0.3, -0.25) is 0 Å². The van der Waals surface area contributed by atoms with E-state index in [1.165, 1.54) is 22.3 Å². The maximum atomic E-state index is 10.4. The van der Waals surface area contributed by atoms with Gasteiger partial charge in [0, 0.05) is 11.5 Å². The van der Waals surface area contributed by atoms with Crippen molar-refractivity contribution < 1.29 is 14.6 Å². The SMILES string of the molecule is COc1ccc(C2COc3c(ccc(O)c3CC=C(C)CCC=C(C)C)C2)cc1. The highest BCUT2D eigenvalue weighted by atomic mass is 16.5. The van der Waals surface area contributed by atoms with Gasteiger partial charge < -0.3 is 14.6 Å². The first-order valence-corrected chi connectivity index (χ1v) is 10.4. The summed E-state index contributed by atoms with van der Waals surface area (Å²) in [4.78, 5) is 0. The fraction of sp³-hybridized carbons (Fsp3) is 0.385. The minimum Gasteiger partial charge on any atom is -0.508 e. The molecular formula is C26H32O3. The van der Waals surface area contributed by atoms with Gasteiger partial charge in [-0.2, -0.15) is 0 Å². The van der Waals surface area contributed by atoms with Gasteiger partial charge in [0.05, 0.1) is 13.7 Å². The number of methoxy groups -OCH3 is 1. The van der Waals surface area contributed by atoms with E-state index in [0.29, 0.717) is 24.7 Å². The van der Waals surface area contributed by atoms with E-state index in [1.807, 2.05) is 18.2 Å². The third kappa shape index (κ3) is 5.44. The van der Waals surface area contributed by atoms with Gasteiger partial charge in [0.2, 0.25) is 0 Å². The number of rotatable bonds is 7. The average Bonchev–Trinajstić information content (AvgIpc) is 2.72. The Morgan fingerprint density at radius 1 is 1.10 bits per heavy atom. The molecule has 3 nitrogen and oxygen atoms in total. The molecule has 3 rings (SSSR count). The average molecular weight is 393 g/mol. The first-order valence-electron chi connectivity index (χ1n) is 10.4. The van der Waals surface area contributed by atoms with Gasteiger partial charge in [-0.15, -0.1) is 0 Å². The predicted molar refractivity (Wildman–Crippen MR) is 119 cm³/mol. The molecule has 154 valence electrons. The van der Waals surface area contributed by atoms with Crippen molar-refractivity contribution in [3.63, 3.8) is 0 Å². The monoisotopic (exact) mass is 392 g/mol. The molecule has 3 heteroatoms. The molecule has 0 fully saturated rings. The quantitative estimate of drug-likeness (QED) is 0.558. The van der Waals surface area contributed by atoms with Crippen molar-refractivity contribution in [1.82, 2.24) is 0 Å². The van der Waals surface area contributed by atoms with Crippen molar-refractivity contribution in [2.75, 3.05) is 13.7 Å². The fourth-order valence-electron chi connectivity index (χ4n) is 3.77. The summed E-state index contributed by atoms with van der Waals surface area (Å²) in [6.07, 6.45) is 8.20. The number of phenolic OH excluding ortho intramolecular Hbond substituents is 1. The van der Waals surface area contributed by atoms with Gasteiger partial charge in [0.25, 0.3) is 0 Å². The largest absolute Gasteiger partial charge is 0.508 e. The molecule has 0 radical (unpaired) electrons. The Morgan fingerprint density at radius 2 is 1.86 bits per heavy atom. The highest BCUT2D eigenvalue weighted by Gasteiger charge is 2.24. The maximum Gasteiger partial charge on any atom is 0.129 e. The highest BCUT2D eigenvalue weighted by molar-refractivity contribution is 5.52. The molecule has 1 heterocycles. The zero-order chi connectivity index (χ0) is 20.8. The normalized spacial score (nSPS) is 16.0. The van der Waals surface area contributed by atoms with Gasteiger partial charge in [0.15, 0.2) is 0 Å². The van der Waals surface area contributed by atoms with Crippen LogP contribution in [0.2, 0.25) is 0 Å². The number of hydrogen-bond acceptors (Lipinski definition) is 3. The molecule has 0 amide bonds. The second-order valence-corrected chi connectivity index (χ2v) is 8.11. The topological polar surface area (TPSA) is 38.7 Å². The summed E-state index contributed by atoms with van der Waals surface area (Å²) < 4.78 is 11.4. The summed E-state index contributed by atoms with van der Waals surface area (Å²) in [5.41, 5.74) is 6.01. The molecule has 0 saturated heterocycles. The van der Waals surface area contributed by atoms with Crippen LogP contribution in [0.5, 0.6) is 17.2 Å². The van der Waals surface area contributed by atoms with Crippen LogP contribution in [-0.4, -0.2) is 18.8 Å². The van der Waals surface area contributed by atoms with Crippen LogP contribution in [0, 0.1) is 0 Å². The van der Waals surface area contributed by atoms with Crippen molar-refractivity contribution in [2.24, 2.45) is 0 Å². The van der Waals surface area contributed by atoms with Crippen LogP contribution in [0.4, 0.5) is 0 Å². The summed E-state index contributed by atoms with van der Waals surface area (Å²) in [6, 6.07) is 12.0. The van der Waals surface area contributed by atoms with Crippen LogP contribution in [0.15, 0.2) is 59.7 Å². The van der Waals surface area contributed by atoms with Crippen molar-refractivity contribution in [1.29, 1.82) is 0 Å². The van der Waals surface area contributed by atoms with E-state index >= 15 is 0 Å². The number of aromatic hydroxyl groups is 1. The number of phenols is 1. The molecule has 1 unspecified atom stereocenters. The minimum atomic E-state index is 0.312. The zero-order valence-electron chi connectivity index (χ0n) is 18.0. The number of benzene rings is 2. The Balaban J connectivity index is 1.73. The van der Waals surface area contributed by atoms with Gasteiger partial charge in [-0.05, 0) is 75.8 Å². The van der Waals surface area contributed by atoms with E-state index in [-0.39, 0.29) is 0 Å². The number of hydrogen-bond donors (Lipinski definition) is 1. The Hall–Kier alpha value is -2.68. The number of ether oxygens (including phenoxy) is 2. The fourth-order valence-corrected chi connectivity index (χ4v) is 3.77. The molecule has 1 atom stereocenters. The molecule has 1 aliphatic rings. The van der Waals surface area contributed by atoms with E-state index in [9.17, 15) is 5.11 Å². The summed E-state index contributed by atoms with van der Waals surface area (Å²) in [6.45, 7) is 7.04. The zero-order valence-corrected chi connectivity index (χ0v) is 18.0. The van der Waals surface area contributed by atoms with Crippen LogP contribution in [-0.2, 0) is 12.8 Å². The van der Waals surface area contributed by atoms with Crippen LogP contribution in [0.25, 0.3) is 0 Å². The summed E-state index contributed by atoms with van der Waals surface area (Å²) >= 11 is 0. The van der Waals surface area contributed by atoms with Gasteiger partial charge in [0.1, 0.15) is 17.2 Å². The standard InChI is InChI=1S/C26H32O3/c1-18(2)6-5-7-19(3)8-14-24-25(27)15-11-21-16-22(17-29-26(21)24)20-9-12-23(28-4)13-10-20/h6,8-13,15,22,27H,5,7,14,16-17H2,1-4H3. The van der Waals surface area contributed by atoms with Crippen LogP contribution >= 0.6 is 0 Å². The molecule has 29 heavy (non-hydrogen) atoms. The van der Waals surface area contributed by atoms with Crippen LogP contribution in [0.1, 0.15) is 56.2 Å². The van der Waals surface area contributed by atoms with E-state index in [2.05, 4.69) is 45.1 Å². The lowest BCUT2D eigenvalue weighted by Crippen LogP contribution is -2.20. The summed E-state index contributed by atoms with van der Waals surface area (Å²) in [5, 5.41) is 10.4. The molecule has 0 saturated carbocycles. The molecule has 1 aliphatic heterocycles. The van der Waals surface area contributed by atoms with Crippen molar-refractivity contribution in [3.05, 3.63) is 76.4 Å². The second kappa shape index (κ2) is 9.69. The van der Waals surface area contributed by atoms with Gasteiger partial charge in [-0.1, -0.05) is 41.5 Å². The second-order valence-electron chi connectivity index (χ2n) is 8.11. The van der Waals surface area contributed by atoms with E-state index < -0.39 is 0 Å². The molecule has 1 N–H and O–H groups in total. The first kappa shape index (κ1) is 21.0. The Bertz CT molecular complexity index is 887. The van der Waals surface area contributed by atoms with Crippen molar-refractivity contribution in [2.45, 2.75) is 52.4 Å². The molecule has 2 aromatic rings. The van der Waals surface area contributed by atoms with E-state index in [0.717, 1.165) is 36.3 Å². The Kier molecular flexibility index (Phi) is 7.03. The molecule has 0 aliphatic carbocycles. The van der Waals surface area contributed by atoms with Gasteiger partial charge in [-0.25, -0.2) is 0 Å². The minimum absolute atomic E-state index is 0.312. The molecule has 0 aromatic heterocycles. The molecule has 2 aromatic carbocycles. The number of allylic oxidation sites excluding steroid dienone is 4. The smallest absolute Gasteiger partial charge is 0.129 e. The summed E-state index contributed by atoms with van der Waals surface area (Å²) in [5.74, 6) is 2.36. The lowest BCUT2D eigenvalue weighted by Gasteiger charge is -2.28. The molecule has 0 bridgehead atoms. The predicted octanol–water partition coefficient (Wildman–Crippen LogP) is 6.35. The maximum absolute atomic E-state index is 10.4. The van der Waals surface area contributed by atoms with Crippen molar-refractivity contribution in [3.8, 4) is 17.2 Å². The third-order valence-corrected chi connectivity index (χ3v) is 5.55.